The van der Waals surface area contributed by atoms with Crippen LogP contribution in [-0.2, 0) is 4.79 Å². The zero-order valence-corrected chi connectivity index (χ0v) is 10.5. The van der Waals surface area contributed by atoms with Crippen LogP contribution in [0.1, 0.15) is 29.9 Å². The maximum Gasteiger partial charge on any atom is 0.236 e. The Morgan fingerprint density at radius 2 is 2.29 bits per heavy atom. The van der Waals surface area contributed by atoms with Gasteiger partial charge in [-0.2, -0.15) is 0 Å². The minimum Gasteiger partial charge on any atom is -0.358 e. The van der Waals surface area contributed by atoms with Crippen LogP contribution in [0.3, 0.4) is 0 Å². The van der Waals surface area contributed by atoms with Crippen LogP contribution in [0, 0.1) is 6.92 Å². The van der Waals surface area contributed by atoms with E-state index >= 15 is 0 Å². The quantitative estimate of drug-likeness (QED) is 0.813. The van der Waals surface area contributed by atoms with Crippen molar-refractivity contribution in [1.82, 2.24) is 10.6 Å². The van der Waals surface area contributed by atoms with Crippen LogP contribution in [0.2, 0.25) is 0 Å². The predicted octanol–water partition coefficient (Wildman–Crippen LogP) is 1.58. The molecule has 1 aliphatic heterocycles. The minimum absolute atomic E-state index is 0.0423. The first-order valence-electron chi connectivity index (χ1n) is 6.22. The molecule has 0 bridgehead atoms. The van der Waals surface area contributed by atoms with Crippen LogP contribution in [0.25, 0.3) is 0 Å². The van der Waals surface area contributed by atoms with E-state index in [9.17, 15) is 4.79 Å². The zero-order valence-electron chi connectivity index (χ0n) is 10.5. The van der Waals surface area contributed by atoms with Crippen LogP contribution >= 0.6 is 0 Å². The number of piperidine rings is 1. The molecule has 2 unspecified atom stereocenters. The highest BCUT2D eigenvalue weighted by atomic mass is 16.2. The van der Waals surface area contributed by atoms with Crippen molar-refractivity contribution in [3.05, 3.63) is 35.4 Å². The normalized spacial score (nSPS) is 24.4. The highest BCUT2D eigenvalue weighted by Gasteiger charge is 2.26. The maximum atomic E-state index is 11.6. The number of benzene rings is 1. The average Bonchev–Trinajstić information content (AvgIpc) is 2.38. The van der Waals surface area contributed by atoms with Gasteiger partial charge < -0.3 is 10.6 Å². The molecule has 0 radical (unpaired) electrons. The first-order chi connectivity index (χ1) is 8.20. The van der Waals surface area contributed by atoms with E-state index in [1.807, 2.05) is 0 Å². The van der Waals surface area contributed by atoms with Crippen LogP contribution < -0.4 is 10.6 Å². The van der Waals surface area contributed by atoms with Gasteiger partial charge in [-0.3, -0.25) is 4.79 Å². The largest absolute Gasteiger partial charge is 0.358 e. The van der Waals surface area contributed by atoms with Crippen molar-refractivity contribution in [2.45, 2.75) is 31.7 Å². The summed E-state index contributed by atoms with van der Waals surface area (Å²) in [5.41, 5.74) is 2.65. The Bertz CT molecular complexity index is 403. The summed E-state index contributed by atoms with van der Waals surface area (Å²) in [5, 5.41) is 5.99. The third-order valence-corrected chi connectivity index (χ3v) is 3.48. The Morgan fingerprint density at radius 1 is 1.47 bits per heavy atom. The number of hydrogen-bond acceptors (Lipinski definition) is 2. The van der Waals surface area contributed by atoms with E-state index in [4.69, 9.17) is 0 Å². The third-order valence-electron chi connectivity index (χ3n) is 3.48. The van der Waals surface area contributed by atoms with Gasteiger partial charge in [-0.1, -0.05) is 29.8 Å². The highest BCUT2D eigenvalue weighted by Crippen LogP contribution is 2.28. The van der Waals surface area contributed by atoms with Gasteiger partial charge in [0.05, 0.1) is 6.04 Å². The highest BCUT2D eigenvalue weighted by molar-refractivity contribution is 5.81. The van der Waals surface area contributed by atoms with Crippen LogP contribution in [-0.4, -0.2) is 25.5 Å². The standard InChI is InChI=1S/C14H20N2O/c1-10-4-3-5-11(8-10)12-6-7-16-13(9-12)14(17)15-2/h3-5,8,12-13,16H,6-7,9H2,1-2H3,(H,15,17). The van der Waals surface area contributed by atoms with Gasteiger partial charge in [-0.15, -0.1) is 0 Å². The summed E-state index contributed by atoms with van der Waals surface area (Å²) in [5.74, 6) is 0.598. The minimum atomic E-state index is -0.0423. The molecule has 0 aliphatic carbocycles. The van der Waals surface area contributed by atoms with E-state index in [2.05, 4.69) is 41.8 Å². The summed E-state index contributed by atoms with van der Waals surface area (Å²) in [4.78, 5) is 11.6. The van der Waals surface area contributed by atoms with Gasteiger partial charge in [-0.25, -0.2) is 0 Å². The number of likely N-dealkylation sites (N-methyl/N-ethyl adjacent to an activating group) is 1. The molecule has 3 heteroatoms. The van der Waals surface area contributed by atoms with Crippen molar-refractivity contribution < 1.29 is 4.79 Å². The Kier molecular flexibility index (Phi) is 3.79. The van der Waals surface area contributed by atoms with Crippen molar-refractivity contribution in [1.29, 1.82) is 0 Å². The second kappa shape index (κ2) is 5.32. The summed E-state index contributed by atoms with van der Waals surface area (Å²) < 4.78 is 0. The van der Waals surface area contributed by atoms with E-state index in [0.717, 1.165) is 19.4 Å². The van der Waals surface area contributed by atoms with Crippen molar-refractivity contribution in [3.63, 3.8) is 0 Å². The van der Waals surface area contributed by atoms with E-state index in [-0.39, 0.29) is 11.9 Å². The molecule has 2 N–H and O–H groups in total. The number of hydrogen-bond donors (Lipinski definition) is 2. The van der Waals surface area contributed by atoms with Crippen LogP contribution in [0.4, 0.5) is 0 Å². The second-order valence-electron chi connectivity index (χ2n) is 4.76. The summed E-state index contributed by atoms with van der Waals surface area (Å²) in [6, 6.07) is 8.57. The molecule has 1 amide bonds. The first-order valence-corrected chi connectivity index (χ1v) is 6.22. The molecule has 1 fully saturated rings. The number of aryl methyl sites for hydroxylation is 1. The molecule has 1 saturated heterocycles. The summed E-state index contributed by atoms with van der Waals surface area (Å²) in [7, 11) is 1.69. The van der Waals surface area contributed by atoms with Crippen molar-refractivity contribution in [3.8, 4) is 0 Å². The average molecular weight is 232 g/mol. The fraction of sp³-hybridized carbons (Fsp3) is 0.500. The fourth-order valence-corrected chi connectivity index (χ4v) is 2.52. The van der Waals surface area contributed by atoms with Crippen molar-refractivity contribution in [2.75, 3.05) is 13.6 Å². The molecule has 17 heavy (non-hydrogen) atoms. The van der Waals surface area contributed by atoms with Gasteiger partial charge in [0.25, 0.3) is 0 Å². The SMILES string of the molecule is CNC(=O)C1CC(c2cccc(C)c2)CCN1. The van der Waals surface area contributed by atoms with E-state index in [0.29, 0.717) is 5.92 Å². The molecule has 2 atom stereocenters. The van der Waals surface area contributed by atoms with Gasteiger partial charge in [0.2, 0.25) is 5.91 Å². The van der Waals surface area contributed by atoms with Crippen LogP contribution in [0.5, 0.6) is 0 Å². The summed E-state index contributed by atoms with van der Waals surface area (Å²) >= 11 is 0. The molecule has 0 aromatic heterocycles. The monoisotopic (exact) mass is 232 g/mol. The second-order valence-corrected chi connectivity index (χ2v) is 4.76. The predicted molar refractivity (Wildman–Crippen MR) is 69.0 cm³/mol. The lowest BCUT2D eigenvalue weighted by atomic mass is 9.85. The molecular formula is C14H20N2O. The lowest BCUT2D eigenvalue weighted by Gasteiger charge is -2.29. The molecule has 0 saturated carbocycles. The molecule has 92 valence electrons. The van der Waals surface area contributed by atoms with E-state index in [1.165, 1.54) is 11.1 Å². The Balaban J connectivity index is 2.09. The van der Waals surface area contributed by atoms with Crippen LogP contribution in [0.15, 0.2) is 24.3 Å². The van der Waals surface area contributed by atoms with Gasteiger partial charge in [0.1, 0.15) is 0 Å². The van der Waals surface area contributed by atoms with Gasteiger partial charge in [-0.05, 0) is 37.8 Å². The number of amides is 1. The lowest BCUT2D eigenvalue weighted by Crippen LogP contribution is -2.47. The molecule has 1 aliphatic rings. The van der Waals surface area contributed by atoms with Gasteiger partial charge in [0.15, 0.2) is 0 Å². The summed E-state index contributed by atoms with van der Waals surface area (Å²) in [6.07, 6.45) is 2.00. The first kappa shape index (κ1) is 12.1. The number of rotatable bonds is 2. The van der Waals surface area contributed by atoms with Gasteiger partial charge >= 0.3 is 0 Å². The van der Waals surface area contributed by atoms with E-state index in [1.54, 1.807) is 7.05 Å². The molecule has 3 nitrogen and oxygen atoms in total. The number of carbonyl (C=O) groups is 1. The Hall–Kier alpha value is -1.35. The zero-order chi connectivity index (χ0) is 12.3. The molecule has 1 aromatic carbocycles. The fourth-order valence-electron chi connectivity index (χ4n) is 2.52. The lowest BCUT2D eigenvalue weighted by molar-refractivity contribution is -0.123. The Morgan fingerprint density at radius 3 is 3.00 bits per heavy atom. The molecule has 1 aromatic rings. The van der Waals surface area contributed by atoms with Crippen molar-refractivity contribution in [2.24, 2.45) is 0 Å². The third kappa shape index (κ3) is 2.86. The van der Waals surface area contributed by atoms with Crippen molar-refractivity contribution >= 4 is 5.91 Å². The smallest absolute Gasteiger partial charge is 0.236 e. The van der Waals surface area contributed by atoms with Gasteiger partial charge in [0, 0.05) is 7.05 Å². The molecular weight excluding hydrogens is 212 g/mol. The number of carbonyl (C=O) groups excluding carboxylic acids is 1. The molecule has 0 spiro atoms. The molecule has 2 rings (SSSR count). The topological polar surface area (TPSA) is 41.1 Å². The molecule has 1 heterocycles. The Labute approximate surface area is 103 Å². The van der Waals surface area contributed by atoms with E-state index < -0.39 is 0 Å². The number of nitrogens with one attached hydrogen (secondary N) is 2. The summed E-state index contributed by atoms with van der Waals surface area (Å²) in [6.45, 7) is 3.03. The maximum absolute atomic E-state index is 11.6.